The molecule has 2 heterocycles. The van der Waals surface area contributed by atoms with E-state index in [4.69, 9.17) is 4.42 Å². The smallest absolute Gasteiger partial charge is 0.252 e. The average Bonchev–Trinajstić information content (AvgIpc) is 3.23. The summed E-state index contributed by atoms with van der Waals surface area (Å²) >= 11 is 0. The molecule has 4 rings (SSSR count). The van der Waals surface area contributed by atoms with Crippen LogP contribution in [0.15, 0.2) is 59.1 Å². The third kappa shape index (κ3) is 4.83. The van der Waals surface area contributed by atoms with Gasteiger partial charge in [0.15, 0.2) is 5.76 Å². The highest BCUT2D eigenvalue weighted by Gasteiger charge is 2.19. The number of nitrogens with one attached hydrogen (secondary N) is 2. The van der Waals surface area contributed by atoms with Crippen LogP contribution in [0.3, 0.4) is 0 Å². The number of carbonyl (C=O) groups is 1. The van der Waals surface area contributed by atoms with Gasteiger partial charge in [-0.25, -0.2) is 9.37 Å². The third-order valence-electron chi connectivity index (χ3n) is 5.00. The molecule has 0 saturated carbocycles. The first-order valence-electron chi connectivity index (χ1n) is 9.51. The minimum absolute atomic E-state index is 0. The standard InChI is InChI=1S/C22H22FN3O2.ClH/c23-19-10-4-3-9-18(19)20-14-26-22(28-20)17-8-2-1-7-16(17)21(27)25-13-15-6-5-11-24-12-15;/h1-4,7-10,14-15,24H,5-6,11-13H2,(H,25,27);1H. The van der Waals surface area contributed by atoms with Gasteiger partial charge in [-0.15, -0.1) is 12.4 Å². The van der Waals surface area contributed by atoms with Gasteiger partial charge in [0.2, 0.25) is 5.89 Å². The molecule has 0 spiro atoms. The number of piperidine rings is 1. The van der Waals surface area contributed by atoms with Crippen molar-refractivity contribution in [1.29, 1.82) is 0 Å². The zero-order valence-electron chi connectivity index (χ0n) is 15.9. The predicted octanol–water partition coefficient (Wildman–Crippen LogP) is 4.30. The number of amides is 1. The fourth-order valence-electron chi connectivity index (χ4n) is 3.48. The van der Waals surface area contributed by atoms with Gasteiger partial charge in [-0.1, -0.05) is 24.3 Å². The second-order valence-electron chi connectivity index (χ2n) is 6.98. The van der Waals surface area contributed by atoms with E-state index in [1.54, 1.807) is 36.4 Å². The molecule has 29 heavy (non-hydrogen) atoms. The molecule has 1 fully saturated rings. The van der Waals surface area contributed by atoms with Gasteiger partial charge in [0.25, 0.3) is 5.91 Å². The molecule has 5 nitrogen and oxygen atoms in total. The first-order chi connectivity index (χ1) is 13.7. The Morgan fingerprint density at radius 1 is 1.17 bits per heavy atom. The maximum atomic E-state index is 14.0. The van der Waals surface area contributed by atoms with Crippen LogP contribution in [-0.2, 0) is 0 Å². The van der Waals surface area contributed by atoms with Crippen molar-refractivity contribution < 1.29 is 13.6 Å². The maximum absolute atomic E-state index is 14.0. The monoisotopic (exact) mass is 415 g/mol. The van der Waals surface area contributed by atoms with Crippen LogP contribution in [0.1, 0.15) is 23.2 Å². The first kappa shape index (κ1) is 21.0. The number of rotatable bonds is 5. The second kappa shape index (κ2) is 9.67. The molecular weight excluding hydrogens is 393 g/mol. The number of hydrogen-bond donors (Lipinski definition) is 2. The number of nitrogens with zero attached hydrogens (tertiary/aromatic N) is 1. The lowest BCUT2D eigenvalue weighted by Crippen LogP contribution is -2.38. The van der Waals surface area contributed by atoms with Crippen LogP contribution in [0.2, 0.25) is 0 Å². The molecule has 1 atom stereocenters. The fraction of sp³-hybridized carbons (Fsp3) is 0.273. The van der Waals surface area contributed by atoms with Gasteiger partial charge in [0, 0.05) is 12.1 Å². The van der Waals surface area contributed by atoms with Crippen LogP contribution in [0, 0.1) is 11.7 Å². The van der Waals surface area contributed by atoms with Gasteiger partial charge in [-0.2, -0.15) is 0 Å². The molecule has 1 amide bonds. The van der Waals surface area contributed by atoms with E-state index in [-0.39, 0.29) is 24.1 Å². The van der Waals surface area contributed by atoms with Crippen molar-refractivity contribution in [2.45, 2.75) is 12.8 Å². The van der Waals surface area contributed by atoms with E-state index in [0.29, 0.717) is 40.8 Å². The van der Waals surface area contributed by atoms with Gasteiger partial charge < -0.3 is 15.1 Å². The SMILES string of the molecule is Cl.O=C(NCC1CCCNC1)c1ccccc1-c1ncc(-c2ccccc2F)o1. The number of halogens is 2. The zero-order valence-corrected chi connectivity index (χ0v) is 16.7. The van der Waals surface area contributed by atoms with Crippen molar-refractivity contribution >= 4 is 18.3 Å². The van der Waals surface area contributed by atoms with Gasteiger partial charge in [-0.05, 0) is 56.1 Å². The average molecular weight is 416 g/mol. The number of benzene rings is 2. The summed E-state index contributed by atoms with van der Waals surface area (Å²) in [6.07, 6.45) is 3.73. The Morgan fingerprint density at radius 3 is 2.69 bits per heavy atom. The lowest BCUT2D eigenvalue weighted by atomic mass is 9.99. The lowest BCUT2D eigenvalue weighted by molar-refractivity contribution is 0.0945. The summed E-state index contributed by atoms with van der Waals surface area (Å²) in [5.74, 6) is 0.531. The van der Waals surface area contributed by atoms with Crippen molar-refractivity contribution in [2.75, 3.05) is 19.6 Å². The van der Waals surface area contributed by atoms with Gasteiger partial charge in [0.1, 0.15) is 5.82 Å². The molecule has 1 unspecified atom stereocenters. The summed E-state index contributed by atoms with van der Waals surface area (Å²) < 4.78 is 19.8. The minimum atomic E-state index is -0.377. The summed E-state index contributed by atoms with van der Waals surface area (Å²) in [4.78, 5) is 17.0. The molecule has 1 aliphatic rings. The molecule has 1 saturated heterocycles. The molecule has 0 aliphatic carbocycles. The van der Waals surface area contributed by atoms with Crippen LogP contribution in [0.25, 0.3) is 22.8 Å². The summed E-state index contributed by atoms with van der Waals surface area (Å²) in [5.41, 5.74) is 1.42. The third-order valence-corrected chi connectivity index (χ3v) is 5.00. The van der Waals surface area contributed by atoms with E-state index >= 15 is 0 Å². The molecule has 0 radical (unpaired) electrons. The summed E-state index contributed by atoms with van der Waals surface area (Å²) in [6, 6.07) is 13.5. The Bertz CT molecular complexity index is 970. The Kier molecular flexibility index (Phi) is 7.01. The quantitative estimate of drug-likeness (QED) is 0.652. The van der Waals surface area contributed by atoms with Gasteiger partial charge >= 0.3 is 0 Å². The maximum Gasteiger partial charge on any atom is 0.252 e. The first-order valence-corrected chi connectivity index (χ1v) is 9.51. The molecule has 3 aromatic rings. The normalized spacial score (nSPS) is 16.1. The van der Waals surface area contributed by atoms with Crippen LogP contribution >= 0.6 is 12.4 Å². The highest BCUT2D eigenvalue weighted by Crippen LogP contribution is 2.29. The molecule has 1 aliphatic heterocycles. The van der Waals surface area contributed by atoms with E-state index in [1.165, 1.54) is 12.3 Å². The Hall–Kier alpha value is -2.70. The van der Waals surface area contributed by atoms with Crippen LogP contribution in [-0.4, -0.2) is 30.5 Å². The molecule has 2 aromatic carbocycles. The van der Waals surface area contributed by atoms with Crippen LogP contribution in [0.4, 0.5) is 4.39 Å². The molecule has 152 valence electrons. The van der Waals surface area contributed by atoms with Crippen LogP contribution in [0.5, 0.6) is 0 Å². The van der Waals surface area contributed by atoms with E-state index in [1.807, 2.05) is 6.07 Å². The van der Waals surface area contributed by atoms with E-state index < -0.39 is 0 Å². The second-order valence-corrected chi connectivity index (χ2v) is 6.98. The Morgan fingerprint density at radius 2 is 1.93 bits per heavy atom. The molecule has 0 bridgehead atoms. The lowest BCUT2D eigenvalue weighted by Gasteiger charge is -2.23. The van der Waals surface area contributed by atoms with Crippen LogP contribution < -0.4 is 10.6 Å². The highest BCUT2D eigenvalue weighted by molar-refractivity contribution is 6.00. The topological polar surface area (TPSA) is 67.2 Å². The number of hydrogen-bond acceptors (Lipinski definition) is 4. The van der Waals surface area contributed by atoms with Crippen molar-refractivity contribution in [2.24, 2.45) is 5.92 Å². The van der Waals surface area contributed by atoms with E-state index in [2.05, 4.69) is 15.6 Å². The van der Waals surface area contributed by atoms with Crippen molar-refractivity contribution in [3.8, 4) is 22.8 Å². The number of carbonyl (C=O) groups excluding carboxylic acids is 1. The summed E-state index contributed by atoms with van der Waals surface area (Å²) in [7, 11) is 0. The molecular formula is C22H23ClFN3O2. The highest BCUT2D eigenvalue weighted by atomic mass is 35.5. The van der Waals surface area contributed by atoms with E-state index in [0.717, 1.165) is 25.9 Å². The largest absolute Gasteiger partial charge is 0.436 e. The van der Waals surface area contributed by atoms with Crippen molar-refractivity contribution in [3.63, 3.8) is 0 Å². The number of aromatic nitrogens is 1. The summed E-state index contributed by atoms with van der Waals surface area (Å²) in [6.45, 7) is 2.60. The zero-order chi connectivity index (χ0) is 19.3. The molecule has 2 N–H and O–H groups in total. The predicted molar refractivity (Wildman–Crippen MR) is 113 cm³/mol. The number of oxazole rings is 1. The molecule has 7 heteroatoms. The van der Waals surface area contributed by atoms with Gasteiger partial charge in [0.05, 0.1) is 17.3 Å². The van der Waals surface area contributed by atoms with Crippen molar-refractivity contribution in [3.05, 3.63) is 66.1 Å². The Balaban J connectivity index is 0.00000240. The fourth-order valence-corrected chi connectivity index (χ4v) is 3.48. The Labute approximate surface area is 175 Å². The van der Waals surface area contributed by atoms with Crippen molar-refractivity contribution in [1.82, 2.24) is 15.6 Å². The summed E-state index contributed by atoms with van der Waals surface area (Å²) in [5, 5.41) is 6.37. The molecule has 1 aromatic heterocycles. The van der Waals surface area contributed by atoms with Gasteiger partial charge in [-0.3, -0.25) is 4.79 Å². The minimum Gasteiger partial charge on any atom is -0.436 e. The van der Waals surface area contributed by atoms with E-state index in [9.17, 15) is 9.18 Å².